The molecule has 227 valence electrons. The molecule has 0 saturated heterocycles. The molecule has 47 heavy (non-hydrogen) atoms. The fourth-order valence-electron chi connectivity index (χ4n) is 5.45. The summed E-state index contributed by atoms with van der Waals surface area (Å²) in [6, 6.07) is 52.9. The second kappa shape index (κ2) is 14.8. The van der Waals surface area contributed by atoms with Gasteiger partial charge in [-0.1, -0.05) is 12.1 Å². The van der Waals surface area contributed by atoms with Gasteiger partial charge in [-0.3, -0.25) is 0 Å². The summed E-state index contributed by atoms with van der Waals surface area (Å²) >= 11 is -0.718. The number of hydrogen-bond acceptors (Lipinski definition) is 3. The normalized spacial score (nSPS) is 11.7. The number of aromatic nitrogens is 2. The van der Waals surface area contributed by atoms with Gasteiger partial charge < -0.3 is 4.98 Å². The minimum Gasteiger partial charge on any atom is -0.304 e. The first kappa shape index (κ1) is 28.5. The van der Waals surface area contributed by atoms with E-state index in [0.29, 0.717) is 0 Å². The molecule has 3 heterocycles. The van der Waals surface area contributed by atoms with Crippen molar-refractivity contribution in [3.63, 3.8) is 0 Å². The zero-order chi connectivity index (χ0) is 33.8. The molecule has 0 amide bonds. The van der Waals surface area contributed by atoms with Crippen molar-refractivity contribution >= 4 is 38.0 Å². The van der Waals surface area contributed by atoms with E-state index in [4.69, 9.17) is 4.11 Å². The van der Waals surface area contributed by atoms with Crippen LogP contribution >= 0.6 is 0 Å². The first-order chi connectivity index (χ1) is 23.9. The monoisotopic (exact) mass is 899 g/mol. The Morgan fingerprint density at radius 2 is 1.43 bits per heavy atom. The summed E-state index contributed by atoms with van der Waals surface area (Å²) < 4.78 is 24.4. The van der Waals surface area contributed by atoms with E-state index in [1.807, 2.05) is 60.8 Å². The molecule has 0 N–H and O–H groups in total. The van der Waals surface area contributed by atoms with Crippen LogP contribution in [0.5, 0.6) is 0 Å². The van der Waals surface area contributed by atoms with E-state index in [2.05, 4.69) is 88.8 Å². The van der Waals surface area contributed by atoms with Crippen LogP contribution in [0.3, 0.4) is 0 Å². The average molecular weight is 897 g/mol. The van der Waals surface area contributed by atoms with Crippen molar-refractivity contribution in [2.24, 2.45) is 0 Å². The van der Waals surface area contributed by atoms with Crippen molar-refractivity contribution in [1.82, 2.24) is 9.97 Å². The molecule has 3 nitrogen and oxygen atoms in total. The molecule has 0 bridgehead atoms. The summed E-state index contributed by atoms with van der Waals surface area (Å²) in [4.78, 5) is 8.70. The summed E-state index contributed by atoms with van der Waals surface area (Å²) in [5.41, 5.74) is 9.20. The van der Waals surface area contributed by atoms with Crippen LogP contribution in [-0.2, 0) is 20.1 Å². The van der Waals surface area contributed by atoms with Crippen LogP contribution in [0.2, 0.25) is 0 Å². The first-order valence-corrected chi connectivity index (χ1v) is 17.0. The van der Waals surface area contributed by atoms with Crippen LogP contribution in [0, 0.1) is 30.3 Å². The van der Waals surface area contributed by atoms with Gasteiger partial charge in [0.15, 0.2) is 0 Å². The van der Waals surface area contributed by atoms with Gasteiger partial charge in [-0.2, -0.15) is 0 Å². The molecular formula is C42H27IrN3Te-2. The maximum atomic E-state index is 9.94. The second-order valence-electron chi connectivity index (χ2n) is 10.5. The van der Waals surface area contributed by atoms with Gasteiger partial charge in [0.1, 0.15) is 0 Å². The number of rotatable bonds is 4. The summed E-state index contributed by atoms with van der Waals surface area (Å²) in [6.45, 7) is -2.09. The van der Waals surface area contributed by atoms with Crippen LogP contribution < -0.4 is 0 Å². The maximum Gasteiger partial charge on any atom is 0.0280 e. The molecular weight excluding hydrogens is 866 g/mol. The molecule has 0 aliphatic carbocycles. The van der Waals surface area contributed by atoms with Gasteiger partial charge in [0.25, 0.3) is 0 Å². The number of benzene rings is 5. The van der Waals surface area contributed by atoms with E-state index in [0.717, 1.165) is 39.2 Å². The van der Waals surface area contributed by atoms with Crippen LogP contribution in [0.15, 0.2) is 146 Å². The van der Waals surface area contributed by atoms with Crippen LogP contribution in [0.4, 0.5) is 0 Å². The quantitative estimate of drug-likeness (QED) is 0.131. The predicted octanol–water partition coefficient (Wildman–Crippen LogP) is 9.97. The molecule has 8 rings (SSSR count). The standard InChI is InChI=1S/C30H17N2Te.C12H10N.Ir/c31-19-23-16-17-25-24-9-6-10-26(27-11-4-5-18-32-27)29(24)33-30(25)28(23)22-14-12-21(13-15-22)20-7-2-1-3-8-20;1-10-7-8-12(13-9-10)11-5-3-2-4-6-11;/h1-9,11-18H;2-5,7-9H,1H3;/q2*-1;/i;1D3;. The third-order valence-corrected chi connectivity index (χ3v) is 11.3. The van der Waals surface area contributed by atoms with Crippen molar-refractivity contribution in [1.29, 1.82) is 5.26 Å². The van der Waals surface area contributed by atoms with E-state index in [-0.39, 0.29) is 25.7 Å². The van der Waals surface area contributed by atoms with Gasteiger partial charge in [0.05, 0.1) is 0 Å². The Balaban J connectivity index is 0.000000215. The van der Waals surface area contributed by atoms with E-state index < -0.39 is 27.3 Å². The largest absolute Gasteiger partial charge is 0.304 e. The van der Waals surface area contributed by atoms with Gasteiger partial charge >= 0.3 is 203 Å². The maximum absolute atomic E-state index is 9.94. The Hall–Kier alpha value is -4.67. The summed E-state index contributed by atoms with van der Waals surface area (Å²) in [7, 11) is 0. The first-order valence-electron chi connectivity index (χ1n) is 16.2. The number of nitrogens with zero attached hydrogens (tertiary/aromatic N) is 3. The van der Waals surface area contributed by atoms with Crippen molar-refractivity contribution in [2.75, 3.05) is 0 Å². The third kappa shape index (κ3) is 6.89. The van der Waals surface area contributed by atoms with Gasteiger partial charge in [-0.05, 0) is 18.1 Å². The van der Waals surface area contributed by atoms with Gasteiger partial charge in [-0.25, -0.2) is 0 Å². The van der Waals surface area contributed by atoms with E-state index in [1.54, 1.807) is 18.2 Å². The second-order valence-corrected chi connectivity index (χ2v) is 13.5. The van der Waals surface area contributed by atoms with Crippen molar-refractivity contribution in [3.05, 3.63) is 169 Å². The zero-order valence-electron chi connectivity index (χ0n) is 27.9. The summed E-state index contributed by atoms with van der Waals surface area (Å²) in [6.07, 6.45) is 3.22. The molecule has 3 aromatic heterocycles. The SMILES string of the molecule is N#Cc1ccc2c([te]c3c(-c4ccccn4)[c-]ccc32)c1-c1ccc(-c2ccccc2)cc1.[2H]C([2H])([2H])c1ccc(-c2[c-]cccc2)nc1.[Ir]. The smallest absolute Gasteiger partial charge is 0.0280 e. The molecule has 5 heteroatoms. The molecule has 0 aliphatic rings. The molecule has 0 atom stereocenters. The van der Waals surface area contributed by atoms with Gasteiger partial charge in [0.2, 0.25) is 0 Å². The minimum absolute atomic E-state index is 0. The topological polar surface area (TPSA) is 49.6 Å². The minimum atomic E-state index is -2.09. The molecule has 5 aromatic carbocycles. The molecule has 0 aliphatic heterocycles. The Labute approximate surface area is 302 Å². The zero-order valence-corrected chi connectivity index (χ0v) is 29.7. The third-order valence-electron chi connectivity index (χ3n) is 7.67. The molecule has 0 saturated carbocycles. The number of pyridine rings is 2. The molecule has 8 aromatic rings. The molecule has 0 spiro atoms. The van der Waals surface area contributed by atoms with Crippen molar-refractivity contribution in [2.45, 2.75) is 6.85 Å². The molecule has 0 fully saturated rings. The fourth-order valence-corrected chi connectivity index (χ4v) is 9.38. The Morgan fingerprint density at radius 3 is 2.13 bits per heavy atom. The van der Waals surface area contributed by atoms with E-state index in [9.17, 15) is 5.26 Å². The molecule has 0 unspecified atom stereocenters. The van der Waals surface area contributed by atoms with Crippen LogP contribution in [0.25, 0.3) is 62.3 Å². The number of hydrogen-bond donors (Lipinski definition) is 0. The Kier molecular flexibility index (Phi) is 9.01. The van der Waals surface area contributed by atoms with Gasteiger partial charge in [0, 0.05) is 30.4 Å². The van der Waals surface area contributed by atoms with Crippen molar-refractivity contribution < 1.29 is 24.2 Å². The van der Waals surface area contributed by atoms with Crippen molar-refractivity contribution in [3.8, 4) is 50.8 Å². The summed E-state index contributed by atoms with van der Waals surface area (Å²) in [5.74, 6) is 0. The Morgan fingerprint density at radius 1 is 0.660 bits per heavy atom. The fraction of sp³-hybridized carbons (Fsp3) is 0.0238. The van der Waals surface area contributed by atoms with Gasteiger partial charge in [-0.15, -0.1) is 35.9 Å². The summed E-state index contributed by atoms with van der Waals surface area (Å²) in [5, 5.41) is 12.5. The number of nitriles is 1. The Bertz CT molecular complexity index is 2410. The molecule has 1 radical (unpaired) electrons. The number of aryl methyl sites for hydroxylation is 1. The predicted molar refractivity (Wildman–Crippen MR) is 189 cm³/mol. The average Bonchev–Trinajstić information content (AvgIpc) is 3.54. The van der Waals surface area contributed by atoms with E-state index >= 15 is 0 Å². The van der Waals surface area contributed by atoms with Crippen LogP contribution in [0.1, 0.15) is 15.2 Å². The van der Waals surface area contributed by atoms with E-state index in [1.165, 1.54) is 34.9 Å². The number of fused-ring (bicyclic) bond motifs is 3. The van der Waals surface area contributed by atoms with Crippen LogP contribution in [-0.4, -0.2) is 30.4 Å².